The number of carbonyl (C=O) groups excluding carboxylic acids is 1. The molecule has 0 fully saturated rings. The van der Waals surface area contributed by atoms with Gasteiger partial charge in [-0.2, -0.15) is 4.99 Å². The molecule has 8 nitrogen and oxygen atoms in total. The monoisotopic (exact) mass is 255 g/mol. The normalized spacial score (nSPS) is 22.7. The highest BCUT2D eigenvalue weighted by Crippen LogP contribution is 2.04. The molecule has 0 aromatic rings. The Labute approximate surface area is 104 Å². The van der Waals surface area contributed by atoms with Crippen LogP contribution in [0.25, 0.3) is 0 Å². The molecule has 1 amide bonds. The van der Waals surface area contributed by atoms with E-state index >= 15 is 0 Å². The van der Waals surface area contributed by atoms with E-state index in [0.29, 0.717) is 0 Å². The van der Waals surface area contributed by atoms with E-state index in [1.165, 1.54) is 6.21 Å². The van der Waals surface area contributed by atoms with E-state index in [-0.39, 0.29) is 37.5 Å². The number of nitrogens with one attached hydrogen (secondary N) is 1. The molecule has 0 bridgehead atoms. The van der Waals surface area contributed by atoms with E-state index in [4.69, 9.17) is 15.9 Å². The van der Waals surface area contributed by atoms with Crippen LogP contribution in [-0.4, -0.2) is 59.9 Å². The molecule has 0 saturated heterocycles. The first-order chi connectivity index (χ1) is 8.62. The van der Waals surface area contributed by atoms with E-state index in [0.717, 1.165) is 0 Å². The fourth-order valence-electron chi connectivity index (χ4n) is 1.33. The Bertz CT molecular complexity index is 387. The average Bonchev–Trinajstić information content (AvgIpc) is 2.34. The van der Waals surface area contributed by atoms with E-state index in [9.17, 15) is 4.79 Å². The molecule has 1 rings (SSSR count). The molecule has 1 aliphatic rings. The van der Waals surface area contributed by atoms with Gasteiger partial charge in [0, 0.05) is 25.7 Å². The number of guanidine groups is 1. The Hall–Kier alpha value is -1.80. The molecule has 0 radical (unpaired) electrons. The number of nitrogens with two attached hydrogens (primary N) is 1. The number of hydrogen-bond donors (Lipinski definition) is 4. The zero-order valence-electron chi connectivity index (χ0n) is 10.1. The van der Waals surface area contributed by atoms with Crippen molar-refractivity contribution in [2.24, 2.45) is 26.6 Å². The molecule has 1 aliphatic heterocycles. The molecule has 0 aromatic heterocycles. The highest BCUT2D eigenvalue weighted by molar-refractivity contribution is 6.19. The number of amides is 1. The summed E-state index contributed by atoms with van der Waals surface area (Å²) in [4.78, 5) is 23.6. The van der Waals surface area contributed by atoms with E-state index < -0.39 is 11.9 Å². The molecule has 18 heavy (non-hydrogen) atoms. The second kappa shape index (κ2) is 6.82. The van der Waals surface area contributed by atoms with Crippen LogP contribution in [0.4, 0.5) is 0 Å². The van der Waals surface area contributed by atoms with Crippen LogP contribution < -0.4 is 11.1 Å². The minimum atomic E-state index is -0.833. The fraction of sp³-hybridized carbons (Fsp3) is 0.600. The van der Waals surface area contributed by atoms with Crippen molar-refractivity contribution in [1.82, 2.24) is 5.32 Å². The summed E-state index contributed by atoms with van der Waals surface area (Å²) in [5, 5.41) is 20.2. The predicted molar refractivity (Wildman–Crippen MR) is 67.7 cm³/mol. The zero-order valence-corrected chi connectivity index (χ0v) is 10.1. The largest absolute Gasteiger partial charge is 0.396 e. The number of amidine groups is 1. The molecule has 8 heteroatoms. The quantitative estimate of drug-likeness (QED) is 0.418. The Kier molecular flexibility index (Phi) is 5.40. The number of carbonyl (C=O) groups is 1. The van der Waals surface area contributed by atoms with Crippen LogP contribution >= 0.6 is 0 Å². The van der Waals surface area contributed by atoms with Crippen molar-refractivity contribution in [3.05, 3.63) is 0 Å². The van der Waals surface area contributed by atoms with Crippen LogP contribution in [0.5, 0.6) is 0 Å². The highest BCUT2D eigenvalue weighted by atomic mass is 16.3. The molecule has 1 unspecified atom stereocenters. The molecular weight excluding hydrogens is 238 g/mol. The third-order valence-electron chi connectivity index (χ3n) is 2.31. The van der Waals surface area contributed by atoms with Crippen molar-refractivity contribution in [3.63, 3.8) is 0 Å². The lowest BCUT2D eigenvalue weighted by Crippen LogP contribution is -2.50. The van der Waals surface area contributed by atoms with Crippen molar-refractivity contribution < 1.29 is 15.0 Å². The summed E-state index contributed by atoms with van der Waals surface area (Å²) in [7, 11) is 0. The third-order valence-corrected chi connectivity index (χ3v) is 2.31. The summed E-state index contributed by atoms with van der Waals surface area (Å²) >= 11 is 0. The van der Waals surface area contributed by atoms with Gasteiger partial charge < -0.3 is 15.9 Å². The molecule has 100 valence electrons. The lowest BCUT2D eigenvalue weighted by atomic mass is 10.2. The van der Waals surface area contributed by atoms with Crippen LogP contribution in [0.15, 0.2) is 15.0 Å². The van der Waals surface area contributed by atoms with Gasteiger partial charge in [-0.25, -0.2) is 0 Å². The lowest BCUT2D eigenvalue weighted by molar-refractivity contribution is -0.119. The van der Waals surface area contributed by atoms with Crippen LogP contribution in [0, 0.1) is 5.92 Å². The van der Waals surface area contributed by atoms with Gasteiger partial charge in [0.15, 0.2) is 11.9 Å². The summed E-state index contributed by atoms with van der Waals surface area (Å²) < 4.78 is 0. The molecular formula is C10H17N5O3. The van der Waals surface area contributed by atoms with Crippen molar-refractivity contribution in [3.8, 4) is 0 Å². The van der Waals surface area contributed by atoms with Gasteiger partial charge in [-0.15, -0.1) is 0 Å². The first-order valence-electron chi connectivity index (χ1n) is 5.51. The van der Waals surface area contributed by atoms with Gasteiger partial charge in [-0.1, -0.05) is 0 Å². The van der Waals surface area contributed by atoms with Crippen molar-refractivity contribution >= 4 is 23.9 Å². The van der Waals surface area contributed by atoms with E-state index in [2.05, 4.69) is 20.3 Å². The SMILES string of the molecule is CC=NC1C(=O)NC(N)=NC1=NCC(CO)CO. The Balaban J connectivity index is 2.89. The van der Waals surface area contributed by atoms with Gasteiger partial charge in [-0.3, -0.25) is 20.1 Å². The molecule has 5 N–H and O–H groups in total. The Morgan fingerprint density at radius 2 is 2.22 bits per heavy atom. The van der Waals surface area contributed by atoms with E-state index in [1.807, 2.05) is 0 Å². The van der Waals surface area contributed by atoms with Gasteiger partial charge in [0.25, 0.3) is 5.91 Å². The maximum atomic E-state index is 11.6. The molecule has 1 atom stereocenters. The number of hydrogen-bond acceptors (Lipinski definition) is 6. The lowest BCUT2D eigenvalue weighted by Gasteiger charge is -2.18. The third kappa shape index (κ3) is 3.60. The van der Waals surface area contributed by atoms with Gasteiger partial charge >= 0.3 is 0 Å². The molecule has 0 spiro atoms. The predicted octanol–water partition coefficient (Wildman–Crippen LogP) is -2.11. The number of aliphatic hydroxyl groups excluding tert-OH is 2. The average molecular weight is 255 g/mol. The minimum absolute atomic E-state index is 0.0362. The zero-order chi connectivity index (χ0) is 13.5. The smallest absolute Gasteiger partial charge is 0.259 e. The summed E-state index contributed by atoms with van der Waals surface area (Å²) in [6, 6.07) is -0.833. The van der Waals surface area contributed by atoms with Crippen LogP contribution in [0.1, 0.15) is 6.92 Å². The number of aliphatic imine (C=N–C) groups is 3. The second-order valence-electron chi connectivity index (χ2n) is 3.73. The highest BCUT2D eigenvalue weighted by Gasteiger charge is 2.28. The number of aliphatic hydroxyl groups is 2. The Morgan fingerprint density at radius 3 is 2.78 bits per heavy atom. The van der Waals surface area contributed by atoms with Gasteiger partial charge in [-0.05, 0) is 13.1 Å². The minimum Gasteiger partial charge on any atom is -0.396 e. The van der Waals surface area contributed by atoms with E-state index in [1.54, 1.807) is 6.92 Å². The number of nitrogens with zero attached hydrogens (tertiary/aromatic N) is 3. The first-order valence-corrected chi connectivity index (χ1v) is 5.51. The van der Waals surface area contributed by atoms with Gasteiger partial charge in [0.05, 0.1) is 0 Å². The van der Waals surface area contributed by atoms with Crippen molar-refractivity contribution in [2.75, 3.05) is 19.8 Å². The summed E-state index contributed by atoms with van der Waals surface area (Å²) in [5.41, 5.74) is 5.43. The molecule has 0 aromatic carbocycles. The summed E-state index contributed by atoms with van der Waals surface area (Å²) in [6.45, 7) is 1.44. The standard InChI is InChI=1S/C10H17N5O3/c1-2-12-7-8(13-3-6(4-16)5-17)14-10(11)15-9(7)18/h2,6-7,16-17H,3-5H2,1H3,(H3,11,13,14,15,18). The van der Waals surface area contributed by atoms with Gasteiger partial charge in [0.1, 0.15) is 0 Å². The van der Waals surface area contributed by atoms with Crippen LogP contribution in [-0.2, 0) is 4.79 Å². The fourth-order valence-corrected chi connectivity index (χ4v) is 1.33. The summed E-state index contributed by atoms with van der Waals surface area (Å²) in [6.07, 6.45) is 1.48. The maximum Gasteiger partial charge on any atom is 0.259 e. The first kappa shape index (κ1) is 14.3. The van der Waals surface area contributed by atoms with Gasteiger partial charge in [0.2, 0.25) is 5.96 Å². The maximum absolute atomic E-state index is 11.6. The van der Waals surface area contributed by atoms with Crippen molar-refractivity contribution in [1.29, 1.82) is 0 Å². The molecule has 0 aliphatic carbocycles. The molecule has 1 heterocycles. The van der Waals surface area contributed by atoms with Crippen molar-refractivity contribution in [2.45, 2.75) is 13.0 Å². The van der Waals surface area contributed by atoms with Crippen LogP contribution in [0.3, 0.4) is 0 Å². The second-order valence-corrected chi connectivity index (χ2v) is 3.73. The van der Waals surface area contributed by atoms with Crippen LogP contribution in [0.2, 0.25) is 0 Å². The Morgan fingerprint density at radius 1 is 1.56 bits per heavy atom. The topological polar surface area (TPSA) is 133 Å². The summed E-state index contributed by atoms with van der Waals surface area (Å²) in [5.74, 6) is -0.638. The number of rotatable bonds is 5. The molecule has 0 saturated carbocycles.